The van der Waals surface area contributed by atoms with E-state index < -0.39 is 11.8 Å². The molecule has 2 rings (SSSR count). The van der Waals surface area contributed by atoms with Gasteiger partial charge in [-0.05, 0) is 26.0 Å². The van der Waals surface area contributed by atoms with Gasteiger partial charge in [-0.25, -0.2) is 0 Å². The van der Waals surface area contributed by atoms with Gasteiger partial charge >= 0.3 is 11.8 Å². The first-order valence-corrected chi connectivity index (χ1v) is 7.86. The van der Waals surface area contributed by atoms with Gasteiger partial charge < -0.3 is 25.0 Å². The van der Waals surface area contributed by atoms with Crippen molar-refractivity contribution in [3.05, 3.63) is 18.2 Å². The van der Waals surface area contributed by atoms with Crippen LogP contribution in [0, 0.1) is 0 Å². The van der Waals surface area contributed by atoms with E-state index in [9.17, 15) is 9.59 Å². The molecule has 2 N–H and O–H groups in total. The van der Waals surface area contributed by atoms with Gasteiger partial charge in [-0.3, -0.25) is 9.59 Å². The van der Waals surface area contributed by atoms with Crippen LogP contribution in [0.15, 0.2) is 18.2 Å². The monoisotopic (exact) mass is 321 g/mol. The highest BCUT2D eigenvalue weighted by Gasteiger charge is 2.23. The van der Waals surface area contributed by atoms with Gasteiger partial charge in [0, 0.05) is 37.9 Å². The zero-order valence-corrected chi connectivity index (χ0v) is 13.6. The predicted molar refractivity (Wildman–Crippen MR) is 86.9 cm³/mol. The molecule has 126 valence electrons. The number of anilines is 1. The molecule has 7 heteroatoms. The zero-order chi connectivity index (χ0) is 16.7. The van der Waals surface area contributed by atoms with Gasteiger partial charge in [-0.15, -0.1) is 0 Å². The third-order valence-corrected chi connectivity index (χ3v) is 3.40. The van der Waals surface area contributed by atoms with Crippen LogP contribution >= 0.6 is 0 Å². The summed E-state index contributed by atoms with van der Waals surface area (Å²) in [6, 6.07) is 5.08. The molecular weight excluding hydrogens is 298 g/mol. The van der Waals surface area contributed by atoms with E-state index in [1.807, 2.05) is 13.8 Å². The maximum Gasteiger partial charge on any atom is 0.313 e. The van der Waals surface area contributed by atoms with E-state index in [-0.39, 0.29) is 0 Å². The Morgan fingerprint density at radius 3 is 2.43 bits per heavy atom. The van der Waals surface area contributed by atoms with Crippen LogP contribution in [-0.4, -0.2) is 56.1 Å². The minimum atomic E-state index is -0.640. The van der Waals surface area contributed by atoms with Crippen molar-refractivity contribution in [1.29, 1.82) is 0 Å². The molecule has 0 bridgehead atoms. The maximum absolute atomic E-state index is 12.1. The Labute approximate surface area is 135 Å². The third kappa shape index (κ3) is 4.59. The fraction of sp³-hybridized carbons (Fsp3) is 0.500. The molecule has 0 atom stereocenters. The largest absolute Gasteiger partial charge is 0.490 e. The van der Waals surface area contributed by atoms with Gasteiger partial charge in [-0.1, -0.05) is 0 Å². The molecule has 1 aromatic rings. The van der Waals surface area contributed by atoms with Crippen LogP contribution in [0.2, 0.25) is 0 Å². The second kappa shape index (κ2) is 8.38. The summed E-state index contributed by atoms with van der Waals surface area (Å²) < 4.78 is 11.0. The first-order chi connectivity index (χ1) is 11.2. The van der Waals surface area contributed by atoms with Crippen molar-refractivity contribution in [2.75, 3.05) is 44.7 Å². The standard InChI is InChI=1S/C16H23N3O4/c1-3-22-13-6-5-12(11-14(13)23-4-2)18-15(20)16(21)19-9-7-17-8-10-19/h5-6,11,17H,3-4,7-10H2,1-2H3,(H,18,20). The topological polar surface area (TPSA) is 79.9 Å². The Morgan fingerprint density at radius 2 is 1.78 bits per heavy atom. The van der Waals surface area contributed by atoms with Crippen molar-refractivity contribution < 1.29 is 19.1 Å². The first-order valence-electron chi connectivity index (χ1n) is 7.86. The van der Waals surface area contributed by atoms with Crippen LogP contribution in [0.4, 0.5) is 5.69 Å². The zero-order valence-electron chi connectivity index (χ0n) is 13.6. The number of piperazine rings is 1. The van der Waals surface area contributed by atoms with E-state index >= 15 is 0 Å². The van der Waals surface area contributed by atoms with Gasteiger partial charge in [0.15, 0.2) is 11.5 Å². The summed E-state index contributed by atoms with van der Waals surface area (Å²) >= 11 is 0. The summed E-state index contributed by atoms with van der Waals surface area (Å²) in [5.74, 6) is -0.000551. The first kappa shape index (κ1) is 17.1. The molecule has 1 aromatic carbocycles. The lowest BCUT2D eigenvalue weighted by molar-refractivity contribution is -0.143. The summed E-state index contributed by atoms with van der Waals surface area (Å²) in [6.07, 6.45) is 0. The predicted octanol–water partition coefficient (Wildman–Crippen LogP) is 0.854. The summed E-state index contributed by atoms with van der Waals surface area (Å²) in [5.41, 5.74) is 0.505. The molecule has 0 radical (unpaired) electrons. The molecule has 0 spiro atoms. The van der Waals surface area contributed by atoms with Crippen molar-refractivity contribution in [1.82, 2.24) is 10.2 Å². The number of ether oxygens (including phenoxy) is 2. The van der Waals surface area contributed by atoms with Crippen LogP contribution in [0.5, 0.6) is 11.5 Å². The molecule has 1 heterocycles. The lowest BCUT2D eigenvalue weighted by atomic mass is 10.2. The third-order valence-electron chi connectivity index (χ3n) is 3.40. The maximum atomic E-state index is 12.1. The lowest BCUT2D eigenvalue weighted by Gasteiger charge is -2.26. The van der Waals surface area contributed by atoms with Gasteiger partial charge in [0.2, 0.25) is 0 Å². The number of nitrogens with one attached hydrogen (secondary N) is 2. The minimum absolute atomic E-state index is 0.483. The van der Waals surface area contributed by atoms with Crippen LogP contribution in [0.25, 0.3) is 0 Å². The van der Waals surface area contributed by atoms with E-state index in [0.717, 1.165) is 0 Å². The Hall–Kier alpha value is -2.28. The number of carbonyl (C=O) groups excluding carboxylic acids is 2. The molecule has 0 aromatic heterocycles. The number of hydrogen-bond acceptors (Lipinski definition) is 5. The molecule has 1 aliphatic heterocycles. The summed E-state index contributed by atoms with van der Waals surface area (Å²) in [5, 5.41) is 5.76. The molecule has 1 aliphatic rings. The van der Waals surface area contributed by atoms with Gasteiger partial charge in [0.05, 0.1) is 13.2 Å². The van der Waals surface area contributed by atoms with Gasteiger partial charge in [-0.2, -0.15) is 0 Å². The van der Waals surface area contributed by atoms with Crippen LogP contribution in [0.1, 0.15) is 13.8 Å². The fourth-order valence-corrected chi connectivity index (χ4v) is 2.32. The second-order valence-corrected chi connectivity index (χ2v) is 5.02. The highest BCUT2D eigenvalue weighted by molar-refractivity contribution is 6.39. The van der Waals surface area contributed by atoms with E-state index in [4.69, 9.17) is 9.47 Å². The molecule has 1 saturated heterocycles. The van der Waals surface area contributed by atoms with Crippen molar-refractivity contribution in [2.45, 2.75) is 13.8 Å². The highest BCUT2D eigenvalue weighted by atomic mass is 16.5. The van der Waals surface area contributed by atoms with Crippen molar-refractivity contribution in [3.63, 3.8) is 0 Å². The summed E-state index contributed by atoms with van der Waals surface area (Å²) in [4.78, 5) is 25.8. The van der Waals surface area contributed by atoms with Crippen molar-refractivity contribution in [3.8, 4) is 11.5 Å². The van der Waals surface area contributed by atoms with Crippen molar-refractivity contribution >= 4 is 17.5 Å². The average Bonchev–Trinajstić information content (AvgIpc) is 2.57. The van der Waals surface area contributed by atoms with Crippen LogP contribution in [0.3, 0.4) is 0 Å². The Morgan fingerprint density at radius 1 is 1.13 bits per heavy atom. The quantitative estimate of drug-likeness (QED) is 0.786. The number of carbonyl (C=O) groups is 2. The number of rotatable bonds is 5. The molecule has 0 unspecified atom stereocenters. The number of benzene rings is 1. The molecule has 7 nitrogen and oxygen atoms in total. The number of amides is 2. The number of nitrogens with zero attached hydrogens (tertiary/aromatic N) is 1. The van der Waals surface area contributed by atoms with Crippen LogP contribution < -0.4 is 20.1 Å². The Balaban J connectivity index is 2.04. The van der Waals surface area contributed by atoms with E-state index in [1.165, 1.54) is 0 Å². The summed E-state index contributed by atoms with van der Waals surface area (Å²) in [7, 11) is 0. The molecule has 1 fully saturated rings. The molecule has 0 aliphatic carbocycles. The lowest BCUT2D eigenvalue weighted by Crippen LogP contribution is -2.49. The van der Waals surface area contributed by atoms with E-state index in [0.29, 0.717) is 56.6 Å². The van der Waals surface area contributed by atoms with E-state index in [1.54, 1.807) is 23.1 Å². The Bertz CT molecular complexity index is 556. The van der Waals surface area contributed by atoms with Crippen molar-refractivity contribution in [2.24, 2.45) is 0 Å². The van der Waals surface area contributed by atoms with Crippen LogP contribution in [-0.2, 0) is 9.59 Å². The highest BCUT2D eigenvalue weighted by Crippen LogP contribution is 2.30. The van der Waals surface area contributed by atoms with Gasteiger partial charge in [0.1, 0.15) is 0 Å². The molecule has 2 amide bonds. The Kier molecular flexibility index (Phi) is 6.22. The number of hydrogen-bond donors (Lipinski definition) is 2. The fourth-order valence-electron chi connectivity index (χ4n) is 2.32. The second-order valence-electron chi connectivity index (χ2n) is 5.02. The SMILES string of the molecule is CCOc1ccc(NC(=O)C(=O)N2CCNCC2)cc1OCC. The normalized spacial score (nSPS) is 14.3. The molecular formula is C16H23N3O4. The minimum Gasteiger partial charge on any atom is -0.490 e. The smallest absolute Gasteiger partial charge is 0.313 e. The molecule has 23 heavy (non-hydrogen) atoms. The van der Waals surface area contributed by atoms with E-state index in [2.05, 4.69) is 10.6 Å². The van der Waals surface area contributed by atoms with Gasteiger partial charge in [0.25, 0.3) is 0 Å². The summed E-state index contributed by atoms with van der Waals surface area (Å²) in [6.45, 7) is 7.25. The molecule has 0 saturated carbocycles. The average molecular weight is 321 g/mol.